The molecule has 4 nitrogen and oxygen atoms in total. The van der Waals surface area contributed by atoms with Crippen molar-refractivity contribution in [1.82, 2.24) is 15.1 Å². The first-order chi connectivity index (χ1) is 8.77. The van der Waals surface area contributed by atoms with Crippen LogP contribution in [-0.2, 0) is 7.05 Å². The van der Waals surface area contributed by atoms with Gasteiger partial charge in [0.25, 0.3) is 0 Å². The zero-order chi connectivity index (χ0) is 13.0. The van der Waals surface area contributed by atoms with Gasteiger partial charge in [0.1, 0.15) is 0 Å². The van der Waals surface area contributed by atoms with E-state index in [2.05, 4.69) is 17.3 Å². The predicted molar refractivity (Wildman–Crippen MR) is 73.1 cm³/mol. The van der Waals surface area contributed by atoms with Gasteiger partial charge in [-0.25, -0.2) is 0 Å². The monoisotopic (exact) mass is 251 g/mol. The molecule has 2 unspecified atom stereocenters. The molecule has 2 rings (SSSR count). The van der Waals surface area contributed by atoms with E-state index in [1.807, 2.05) is 17.9 Å². The second-order valence-electron chi connectivity index (χ2n) is 5.13. The summed E-state index contributed by atoms with van der Waals surface area (Å²) in [6.45, 7) is 3.21. The summed E-state index contributed by atoms with van der Waals surface area (Å²) in [4.78, 5) is 0. The molecule has 0 spiro atoms. The van der Waals surface area contributed by atoms with Crippen LogP contribution in [-0.4, -0.2) is 29.5 Å². The van der Waals surface area contributed by atoms with Gasteiger partial charge in [-0.15, -0.1) is 0 Å². The van der Waals surface area contributed by atoms with Crippen molar-refractivity contribution >= 4 is 0 Å². The van der Waals surface area contributed by atoms with Crippen molar-refractivity contribution in [3.05, 3.63) is 11.9 Å². The summed E-state index contributed by atoms with van der Waals surface area (Å²) in [5, 5.41) is 8.00. The molecule has 18 heavy (non-hydrogen) atoms. The van der Waals surface area contributed by atoms with Crippen LogP contribution in [0.4, 0.5) is 0 Å². The molecule has 1 aliphatic rings. The van der Waals surface area contributed by atoms with Gasteiger partial charge in [0.2, 0.25) is 0 Å². The van der Waals surface area contributed by atoms with E-state index in [4.69, 9.17) is 4.74 Å². The van der Waals surface area contributed by atoms with Crippen molar-refractivity contribution in [1.29, 1.82) is 0 Å². The van der Waals surface area contributed by atoms with E-state index in [1.165, 1.54) is 37.8 Å². The molecule has 0 bridgehead atoms. The van der Waals surface area contributed by atoms with Gasteiger partial charge in [0, 0.05) is 19.0 Å². The van der Waals surface area contributed by atoms with Gasteiger partial charge in [-0.05, 0) is 19.4 Å². The summed E-state index contributed by atoms with van der Waals surface area (Å²) >= 11 is 0. The summed E-state index contributed by atoms with van der Waals surface area (Å²) in [5.41, 5.74) is 1.25. The topological polar surface area (TPSA) is 39.1 Å². The Hall–Kier alpha value is -1.03. The van der Waals surface area contributed by atoms with E-state index in [-0.39, 0.29) is 0 Å². The van der Waals surface area contributed by atoms with Crippen molar-refractivity contribution in [3.63, 3.8) is 0 Å². The van der Waals surface area contributed by atoms with E-state index in [9.17, 15) is 0 Å². The molecule has 0 aromatic carbocycles. The number of nitrogens with one attached hydrogen (secondary N) is 1. The number of aryl methyl sites for hydroxylation is 1. The van der Waals surface area contributed by atoms with Crippen molar-refractivity contribution in [2.24, 2.45) is 7.05 Å². The van der Waals surface area contributed by atoms with Gasteiger partial charge < -0.3 is 10.1 Å². The highest BCUT2D eigenvalue weighted by molar-refractivity contribution is 5.30. The maximum Gasteiger partial charge on any atom is 0.160 e. The Morgan fingerprint density at radius 2 is 2.17 bits per heavy atom. The van der Waals surface area contributed by atoms with E-state index in [1.54, 1.807) is 7.11 Å². The van der Waals surface area contributed by atoms with Gasteiger partial charge in [-0.1, -0.05) is 26.2 Å². The van der Waals surface area contributed by atoms with Crippen LogP contribution in [0, 0.1) is 0 Å². The molecule has 1 aromatic rings. The number of rotatable bonds is 4. The highest BCUT2D eigenvalue weighted by atomic mass is 16.5. The Morgan fingerprint density at radius 1 is 1.39 bits per heavy atom. The summed E-state index contributed by atoms with van der Waals surface area (Å²) in [7, 11) is 3.76. The normalized spacial score (nSPS) is 24.8. The maximum atomic E-state index is 5.48. The lowest BCUT2D eigenvalue weighted by atomic mass is 9.91. The molecule has 1 aliphatic carbocycles. The number of hydrogen-bond acceptors (Lipinski definition) is 3. The fourth-order valence-electron chi connectivity index (χ4n) is 3.15. The maximum absolute atomic E-state index is 5.48. The van der Waals surface area contributed by atoms with Crippen LogP contribution in [0.3, 0.4) is 0 Å². The molecule has 0 amide bonds. The molecule has 102 valence electrons. The minimum absolute atomic E-state index is 0.523. The van der Waals surface area contributed by atoms with Crippen LogP contribution in [0.5, 0.6) is 5.75 Å². The number of methoxy groups -OCH3 is 1. The molecule has 4 heteroatoms. The molecule has 1 aromatic heterocycles. The molecule has 1 saturated carbocycles. The van der Waals surface area contributed by atoms with Gasteiger partial charge in [0.15, 0.2) is 5.75 Å². The second kappa shape index (κ2) is 6.23. The average Bonchev–Trinajstić information content (AvgIpc) is 2.59. The van der Waals surface area contributed by atoms with Crippen LogP contribution in [0.2, 0.25) is 0 Å². The molecule has 2 atom stereocenters. The predicted octanol–water partition coefficient (Wildman–Crippen LogP) is 2.45. The highest BCUT2D eigenvalue weighted by Crippen LogP contribution is 2.36. The third-order valence-corrected chi connectivity index (χ3v) is 4.00. The van der Waals surface area contributed by atoms with Crippen molar-refractivity contribution in [3.8, 4) is 5.75 Å². The molecular formula is C14H25N3O. The van der Waals surface area contributed by atoms with Crippen LogP contribution < -0.4 is 10.1 Å². The number of nitrogens with zero attached hydrogens (tertiary/aromatic N) is 2. The standard InChI is InChI=1S/C14H25N3O/c1-4-15-12-9-7-5-6-8-11(12)14-13(18-3)10-16-17(14)2/h10-12,15H,4-9H2,1-3H3. The highest BCUT2D eigenvalue weighted by Gasteiger charge is 2.29. The first kappa shape index (κ1) is 13.4. The van der Waals surface area contributed by atoms with Crippen LogP contribution >= 0.6 is 0 Å². The number of ether oxygens (including phenoxy) is 1. The Labute approximate surface area is 110 Å². The van der Waals surface area contributed by atoms with Gasteiger partial charge >= 0.3 is 0 Å². The van der Waals surface area contributed by atoms with E-state index in [0.29, 0.717) is 12.0 Å². The van der Waals surface area contributed by atoms with Gasteiger partial charge in [-0.3, -0.25) is 4.68 Å². The molecule has 0 radical (unpaired) electrons. The van der Waals surface area contributed by atoms with Crippen molar-refractivity contribution < 1.29 is 4.74 Å². The molecule has 0 aliphatic heterocycles. The zero-order valence-corrected chi connectivity index (χ0v) is 11.8. The molecule has 0 saturated heterocycles. The third kappa shape index (κ3) is 2.69. The Kier molecular flexibility index (Phi) is 4.64. The SMILES string of the molecule is CCNC1CCCCCC1c1c(OC)cnn1C. The molecule has 1 fully saturated rings. The zero-order valence-electron chi connectivity index (χ0n) is 11.8. The van der Waals surface area contributed by atoms with Crippen LogP contribution in [0.1, 0.15) is 50.6 Å². The first-order valence-electron chi connectivity index (χ1n) is 7.07. The summed E-state index contributed by atoms with van der Waals surface area (Å²) in [6.07, 6.45) is 8.30. The summed E-state index contributed by atoms with van der Waals surface area (Å²) in [6, 6.07) is 0.557. The quantitative estimate of drug-likeness (QED) is 0.835. The summed E-state index contributed by atoms with van der Waals surface area (Å²) in [5.74, 6) is 1.46. The van der Waals surface area contributed by atoms with Gasteiger partial charge in [0.05, 0.1) is 19.0 Å². The lowest BCUT2D eigenvalue weighted by Gasteiger charge is -2.26. The Balaban J connectivity index is 2.28. The largest absolute Gasteiger partial charge is 0.493 e. The number of aromatic nitrogens is 2. The van der Waals surface area contributed by atoms with E-state index in [0.717, 1.165) is 12.3 Å². The van der Waals surface area contributed by atoms with E-state index >= 15 is 0 Å². The van der Waals surface area contributed by atoms with E-state index < -0.39 is 0 Å². The number of hydrogen-bond donors (Lipinski definition) is 1. The second-order valence-corrected chi connectivity index (χ2v) is 5.13. The lowest BCUT2D eigenvalue weighted by Crippen LogP contribution is -2.35. The fraction of sp³-hybridized carbons (Fsp3) is 0.786. The Bertz CT molecular complexity index is 375. The minimum atomic E-state index is 0.523. The van der Waals surface area contributed by atoms with Gasteiger partial charge in [-0.2, -0.15) is 5.10 Å². The average molecular weight is 251 g/mol. The van der Waals surface area contributed by atoms with Crippen molar-refractivity contribution in [2.75, 3.05) is 13.7 Å². The molecule has 1 heterocycles. The number of likely N-dealkylation sites (N-methyl/N-ethyl adjacent to an activating group) is 1. The lowest BCUT2D eigenvalue weighted by molar-refractivity contribution is 0.369. The fourth-order valence-corrected chi connectivity index (χ4v) is 3.15. The molecular weight excluding hydrogens is 226 g/mol. The van der Waals surface area contributed by atoms with Crippen molar-refractivity contribution in [2.45, 2.75) is 51.0 Å². The Morgan fingerprint density at radius 3 is 2.89 bits per heavy atom. The van der Waals surface area contributed by atoms with Crippen LogP contribution in [0.15, 0.2) is 6.20 Å². The molecule has 1 N–H and O–H groups in total. The smallest absolute Gasteiger partial charge is 0.160 e. The summed E-state index contributed by atoms with van der Waals surface area (Å²) < 4.78 is 7.46. The first-order valence-corrected chi connectivity index (χ1v) is 7.07. The van der Waals surface area contributed by atoms with Crippen LogP contribution in [0.25, 0.3) is 0 Å². The third-order valence-electron chi connectivity index (χ3n) is 4.00. The minimum Gasteiger partial charge on any atom is -0.493 e.